The maximum atomic E-state index is 5.68. The van der Waals surface area contributed by atoms with E-state index in [4.69, 9.17) is 8.94 Å². The largest absolute Gasteiger partial charge is 0.411 e. The average molecular weight is 429 g/mol. The molecule has 0 aliphatic heterocycles. The molecule has 0 saturated carbocycles. The molecule has 0 amide bonds. The molecule has 0 aliphatic carbocycles. The molecule has 0 bridgehead atoms. The van der Waals surface area contributed by atoms with Gasteiger partial charge in [-0.3, -0.25) is 0 Å². The van der Waals surface area contributed by atoms with Crippen molar-refractivity contribution in [3.8, 4) is 22.9 Å². The van der Waals surface area contributed by atoms with Crippen LogP contribution in [0.5, 0.6) is 0 Å². The molecule has 0 aliphatic rings. The van der Waals surface area contributed by atoms with Crippen molar-refractivity contribution in [2.45, 2.75) is 17.9 Å². The molecule has 4 aromatic rings. The maximum Gasteiger partial charge on any atom is 0.277 e. The highest BCUT2D eigenvalue weighted by Gasteiger charge is 2.13. The molecule has 2 aromatic heterocycles. The summed E-state index contributed by atoms with van der Waals surface area (Å²) >= 11 is 4.77. The summed E-state index contributed by atoms with van der Waals surface area (Å²) in [7, 11) is 0. The molecular weight excluding hydrogens is 416 g/mol. The first kappa shape index (κ1) is 17.0. The van der Waals surface area contributed by atoms with Crippen LogP contribution in [0.15, 0.2) is 67.2 Å². The van der Waals surface area contributed by atoms with E-state index in [1.54, 1.807) is 0 Å². The number of hydrogen-bond donors (Lipinski definition) is 0. The summed E-state index contributed by atoms with van der Waals surface area (Å²) in [6.07, 6.45) is 0. The van der Waals surface area contributed by atoms with Gasteiger partial charge in [-0.25, -0.2) is 0 Å². The van der Waals surface area contributed by atoms with Gasteiger partial charge in [-0.1, -0.05) is 50.5 Å². The van der Waals surface area contributed by atoms with E-state index < -0.39 is 0 Å². The Kier molecular flexibility index (Phi) is 4.85. The monoisotopic (exact) mass is 428 g/mol. The second-order valence-corrected chi connectivity index (χ2v) is 7.39. The number of halogens is 1. The minimum Gasteiger partial charge on any atom is -0.411 e. The third-order valence-corrected chi connectivity index (χ3v) is 4.93. The Bertz CT molecular complexity index is 929. The third kappa shape index (κ3) is 3.86. The van der Waals surface area contributed by atoms with Gasteiger partial charge in [0.25, 0.3) is 11.1 Å². The van der Waals surface area contributed by atoms with Gasteiger partial charge < -0.3 is 8.94 Å². The highest BCUT2D eigenvalue weighted by atomic mass is 79.9. The number of benzene rings is 2. The molecular formula is C18H13BrN4O2S. The lowest BCUT2D eigenvalue weighted by Crippen LogP contribution is -1.84. The molecule has 2 heterocycles. The van der Waals surface area contributed by atoms with Crippen molar-refractivity contribution in [1.82, 2.24) is 20.3 Å². The minimum atomic E-state index is 0.463. The Hall–Kier alpha value is -2.45. The van der Waals surface area contributed by atoms with Crippen LogP contribution in [0.1, 0.15) is 11.4 Å². The lowest BCUT2D eigenvalue weighted by atomic mass is 10.1. The summed E-state index contributed by atoms with van der Waals surface area (Å²) in [5, 5.41) is 12.6. The van der Waals surface area contributed by atoms with E-state index in [2.05, 4.69) is 36.3 Å². The zero-order chi connectivity index (χ0) is 17.9. The highest BCUT2D eigenvalue weighted by molar-refractivity contribution is 9.10. The van der Waals surface area contributed by atoms with Gasteiger partial charge in [0.15, 0.2) is 5.82 Å². The summed E-state index contributed by atoms with van der Waals surface area (Å²) in [5.41, 5.74) is 2.95. The van der Waals surface area contributed by atoms with Crippen LogP contribution in [0.2, 0.25) is 0 Å². The number of nitrogens with zero attached hydrogens (tertiary/aromatic N) is 4. The quantitative estimate of drug-likeness (QED) is 0.406. The SMILES string of the molecule is Cc1ccc(-c2nc(CSc3nnc(-c4ccc(Br)cc4)o3)no2)cc1. The molecule has 0 unspecified atom stereocenters. The fraction of sp³-hybridized carbons (Fsp3) is 0.111. The van der Waals surface area contributed by atoms with Gasteiger partial charge in [0.2, 0.25) is 5.89 Å². The Balaban J connectivity index is 1.42. The van der Waals surface area contributed by atoms with Crippen molar-refractivity contribution in [3.05, 3.63) is 64.4 Å². The third-order valence-electron chi connectivity index (χ3n) is 3.59. The van der Waals surface area contributed by atoms with Gasteiger partial charge in [-0.15, -0.1) is 10.2 Å². The van der Waals surface area contributed by atoms with Crippen LogP contribution in [0.25, 0.3) is 22.9 Å². The van der Waals surface area contributed by atoms with E-state index in [1.807, 2.05) is 55.5 Å². The standard InChI is InChI=1S/C18H13BrN4O2S/c1-11-2-4-12(5-3-11)16-20-15(23-25-16)10-26-18-22-21-17(24-18)13-6-8-14(19)9-7-13/h2-9H,10H2,1H3. The van der Waals surface area contributed by atoms with Crippen LogP contribution in [0.4, 0.5) is 0 Å². The van der Waals surface area contributed by atoms with Crippen LogP contribution >= 0.6 is 27.7 Å². The lowest BCUT2D eigenvalue weighted by Gasteiger charge is -1.94. The van der Waals surface area contributed by atoms with Crippen LogP contribution in [-0.2, 0) is 5.75 Å². The predicted octanol–water partition coefficient (Wildman–Crippen LogP) is 5.15. The van der Waals surface area contributed by atoms with E-state index in [9.17, 15) is 0 Å². The van der Waals surface area contributed by atoms with Crippen LogP contribution in [0.3, 0.4) is 0 Å². The second kappa shape index (κ2) is 7.43. The molecule has 130 valence electrons. The normalized spacial score (nSPS) is 11.0. The molecule has 0 radical (unpaired) electrons. The molecule has 26 heavy (non-hydrogen) atoms. The molecule has 0 atom stereocenters. The lowest BCUT2D eigenvalue weighted by molar-refractivity contribution is 0.425. The predicted molar refractivity (Wildman–Crippen MR) is 101 cm³/mol. The van der Waals surface area contributed by atoms with Crippen LogP contribution in [0, 0.1) is 6.92 Å². The van der Waals surface area contributed by atoms with Gasteiger partial charge in [0.1, 0.15) is 0 Å². The Morgan fingerprint density at radius 1 is 0.923 bits per heavy atom. The van der Waals surface area contributed by atoms with Gasteiger partial charge in [-0.2, -0.15) is 4.98 Å². The van der Waals surface area contributed by atoms with Crippen LogP contribution in [-0.4, -0.2) is 20.3 Å². The number of thioether (sulfide) groups is 1. The summed E-state index contributed by atoms with van der Waals surface area (Å²) in [6.45, 7) is 2.03. The average Bonchev–Trinajstić information content (AvgIpc) is 3.31. The summed E-state index contributed by atoms with van der Waals surface area (Å²) in [6, 6.07) is 15.6. The van der Waals surface area contributed by atoms with E-state index >= 15 is 0 Å². The fourth-order valence-corrected chi connectivity index (χ4v) is 3.10. The zero-order valence-corrected chi connectivity index (χ0v) is 16.1. The first-order valence-corrected chi connectivity index (χ1v) is 9.57. The van der Waals surface area contributed by atoms with Gasteiger partial charge in [-0.05, 0) is 43.3 Å². The molecule has 0 fully saturated rings. The Morgan fingerprint density at radius 2 is 1.62 bits per heavy atom. The number of rotatable bonds is 5. The first-order chi connectivity index (χ1) is 12.7. The number of aromatic nitrogens is 4. The van der Waals surface area contributed by atoms with Crippen molar-refractivity contribution in [3.63, 3.8) is 0 Å². The van der Waals surface area contributed by atoms with E-state index in [0.29, 0.717) is 28.6 Å². The molecule has 0 saturated heterocycles. The van der Waals surface area contributed by atoms with Crippen molar-refractivity contribution < 1.29 is 8.94 Å². The summed E-state index contributed by atoms with van der Waals surface area (Å²) < 4.78 is 12.0. The fourth-order valence-electron chi connectivity index (χ4n) is 2.23. The summed E-state index contributed by atoms with van der Waals surface area (Å²) in [5.74, 6) is 2.04. The van der Waals surface area contributed by atoms with Crippen molar-refractivity contribution in [2.75, 3.05) is 0 Å². The first-order valence-electron chi connectivity index (χ1n) is 7.79. The topological polar surface area (TPSA) is 77.8 Å². The smallest absolute Gasteiger partial charge is 0.277 e. The van der Waals surface area contributed by atoms with Gasteiger partial charge in [0, 0.05) is 15.6 Å². The number of hydrogen-bond acceptors (Lipinski definition) is 7. The maximum absolute atomic E-state index is 5.68. The van der Waals surface area contributed by atoms with Crippen LogP contribution < -0.4 is 0 Å². The van der Waals surface area contributed by atoms with Gasteiger partial charge in [0.05, 0.1) is 5.75 Å². The van der Waals surface area contributed by atoms with E-state index in [0.717, 1.165) is 15.6 Å². The molecule has 0 spiro atoms. The summed E-state index contributed by atoms with van der Waals surface area (Å²) in [4.78, 5) is 4.41. The van der Waals surface area contributed by atoms with E-state index in [1.165, 1.54) is 17.3 Å². The molecule has 4 rings (SSSR count). The minimum absolute atomic E-state index is 0.463. The molecule has 8 heteroatoms. The van der Waals surface area contributed by atoms with Gasteiger partial charge >= 0.3 is 0 Å². The number of aryl methyl sites for hydroxylation is 1. The van der Waals surface area contributed by atoms with Crippen molar-refractivity contribution >= 4 is 27.7 Å². The van der Waals surface area contributed by atoms with Crippen molar-refractivity contribution in [1.29, 1.82) is 0 Å². The zero-order valence-electron chi connectivity index (χ0n) is 13.7. The molecule has 6 nitrogen and oxygen atoms in total. The molecule has 0 N–H and O–H groups in total. The Morgan fingerprint density at radius 3 is 2.38 bits per heavy atom. The second-order valence-electron chi connectivity index (χ2n) is 5.55. The highest BCUT2D eigenvalue weighted by Crippen LogP contribution is 2.26. The van der Waals surface area contributed by atoms with Crippen molar-refractivity contribution in [2.24, 2.45) is 0 Å². The molecule has 2 aromatic carbocycles. The van der Waals surface area contributed by atoms with E-state index in [-0.39, 0.29) is 0 Å². The Labute approximate surface area is 162 Å².